The van der Waals surface area contributed by atoms with E-state index in [-0.39, 0.29) is 23.7 Å². The summed E-state index contributed by atoms with van der Waals surface area (Å²) in [5.41, 5.74) is 2.33. The first-order valence-electron chi connectivity index (χ1n) is 9.89. The molecule has 2 aromatic carbocycles. The molecule has 140 valence electrons. The topological polar surface area (TPSA) is 40.6 Å². The summed E-state index contributed by atoms with van der Waals surface area (Å²) in [6.07, 6.45) is 2.53. The Kier molecular flexibility index (Phi) is 5.23. The third-order valence-electron chi connectivity index (χ3n) is 5.65. The van der Waals surface area contributed by atoms with Gasteiger partial charge in [-0.1, -0.05) is 60.7 Å². The molecule has 2 aliphatic rings. The summed E-state index contributed by atoms with van der Waals surface area (Å²) in [6.45, 7) is 2.63. The van der Waals surface area contributed by atoms with Crippen LogP contribution in [-0.2, 0) is 9.59 Å². The molecule has 2 aromatic rings. The lowest BCUT2D eigenvalue weighted by Gasteiger charge is -2.35. The lowest BCUT2D eigenvalue weighted by molar-refractivity contribution is -0.140. The number of nitrogens with zero attached hydrogens (tertiary/aromatic N) is 2. The number of hydrogen-bond donors (Lipinski definition) is 0. The molecule has 0 N–H and O–H groups in total. The monoisotopic (exact) mass is 362 g/mol. The number of piperazine rings is 1. The number of carbonyl (C=O) groups excluding carboxylic acids is 2. The first kappa shape index (κ1) is 17.8. The van der Waals surface area contributed by atoms with Gasteiger partial charge in [0.1, 0.15) is 0 Å². The summed E-state index contributed by atoms with van der Waals surface area (Å²) in [6, 6.07) is 20.5. The van der Waals surface area contributed by atoms with Crippen LogP contribution in [0.1, 0.15) is 36.3 Å². The van der Waals surface area contributed by atoms with Crippen molar-refractivity contribution in [1.29, 1.82) is 0 Å². The Morgan fingerprint density at radius 2 is 1.26 bits per heavy atom. The van der Waals surface area contributed by atoms with Gasteiger partial charge in [-0.2, -0.15) is 0 Å². The van der Waals surface area contributed by atoms with Gasteiger partial charge in [-0.25, -0.2) is 0 Å². The lowest BCUT2D eigenvalue weighted by atomic mass is 9.88. The lowest BCUT2D eigenvalue weighted by Crippen LogP contribution is -2.51. The van der Waals surface area contributed by atoms with Crippen molar-refractivity contribution in [3.8, 4) is 0 Å². The molecule has 1 heterocycles. The van der Waals surface area contributed by atoms with Gasteiger partial charge in [0.25, 0.3) is 0 Å². The largest absolute Gasteiger partial charge is 0.339 e. The van der Waals surface area contributed by atoms with Crippen LogP contribution in [-0.4, -0.2) is 47.8 Å². The van der Waals surface area contributed by atoms with Crippen LogP contribution in [0.5, 0.6) is 0 Å². The van der Waals surface area contributed by atoms with E-state index < -0.39 is 0 Å². The van der Waals surface area contributed by atoms with Crippen LogP contribution in [0.25, 0.3) is 0 Å². The van der Waals surface area contributed by atoms with Crippen LogP contribution in [0.15, 0.2) is 60.7 Å². The van der Waals surface area contributed by atoms with Crippen molar-refractivity contribution in [3.63, 3.8) is 0 Å². The highest BCUT2D eigenvalue weighted by Crippen LogP contribution is 2.32. The van der Waals surface area contributed by atoms with Crippen molar-refractivity contribution in [2.45, 2.75) is 25.2 Å². The number of rotatable bonds is 5. The van der Waals surface area contributed by atoms with E-state index in [1.807, 2.05) is 46.2 Å². The molecule has 2 fully saturated rings. The maximum atomic E-state index is 13.0. The van der Waals surface area contributed by atoms with Crippen LogP contribution in [0, 0.1) is 5.92 Å². The predicted molar refractivity (Wildman–Crippen MR) is 105 cm³/mol. The van der Waals surface area contributed by atoms with E-state index >= 15 is 0 Å². The van der Waals surface area contributed by atoms with Gasteiger partial charge in [0.15, 0.2) is 0 Å². The smallest absolute Gasteiger partial charge is 0.225 e. The minimum atomic E-state index is 0.0611. The average molecular weight is 362 g/mol. The van der Waals surface area contributed by atoms with Crippen LogP contribution in [0.3, 0.4) is 0 Å². The Morgan fingerprint density at radius 3 is 1.74 bits per heavy atom. The van der Waals surface area contributed by atoms with Crippen molar-refractivity contribution in [3.05, 3.63) is 71.8 Å². The number of hydrogen-bond acceptors (Lipinski definition) is 2. The maximum absolute atomic E-state index is 13.0. The molecule has 0 bridgehead atoms. The highest BCUT2D eigenvalue weighted by atomic mass is 16.2. The minimum absolute atomic E-state index is 0.0611. The molecule has 0 unspecified atom stereocenters. The van der Waals surface area contributed by atoms with Crippen molar-refractivity contribution >= 4 is 11.8 Å². The summed E-state index contributed by atoms with van der Waals surface area (Å²) in [5.74, 6) is 0.776. The van der Waals surface area contributed by atoms with Crippen LogP contribution in [0.2, 0.25) is 0 Å². The van der Waals surface area contributed by atoms with E-state index in [2.05, 4.69) is 24.3 Å². The van der Waals surface area contributed by atoms with Gasteiger partial charge < -0.3 is 9.80 Å². The van der Waals surface area contributed by atoms with Crippen LogP contribution >= 0.6 is 0 Å². The zero-order valence-corrected chi connectivity index (χ0v) is 15.6. The fourth-order valence-corrected chi connectivity index (χ4v) is 3.87. The summed E-state index contributed by atoms with van der Waals surface area (Å²) < 4.78 is 0. The van der Waals surface area contributed by atoms with Gasteiger partial charge in [0, 0.05) is 44.4 Å². The van der Waals surface area contributed by atoms with E-state index in [9.17, 15) is 9.59 Å². The second-order valence-electron chi connectivity index (χ2n) is 7.56. The molecular formula is C23H26N2O2. The third kappa shape index (κ3) is 4.21. The zero-order chi connectivity index (χ0) is 18.6. The molecular weight excluding hydrogens is 336 g/mol. The standard InChI is InChI=1S/C23H26N2O2/c26-22(24-13-15-25(16-14-24)23(27)20-11-12-20)17-21(18-7-3-1-4-8-18)19-9-5-2-6-10-19/h1-10,20-21H,11-17H2. The maximum Gasteiger partial charge on any atom is 0.225 e. The van der Waals surface area contributed by atoms with Gasteiger partial charge in [-0.3, -0.25) is 9.59 Å². The van der Waals surface area contributed by atoms with E-state index in [0.717, 1.165) is 12.8 Å². The Labute approximate surface area is 160 Å². The summed E-state index contributed by atoms with van der Waals surface area (Å²) in [4.78, 5) is 29.1. The molecule has 2 amide bonds. The molecule has 1 aliphatic heterocycles. The zero-order valence-electron chi connectivity index (χ0n) is 15.6. The Morgan fingerprint density at radius 1 is 0.778 bits per heavy atom. The highest BCUT2D eigenvalue weighted by molar-refractivity contribution is 5.82. The molecule has 0 aromatic heterocycles. The van der Waals surface area contributed by atoms with Gasteiger partial charge in [-0.05, 0) is 24.0 Å². The first-order valence-corrected chi connectivity index (χ1v) is 9.89. The average Bonchev–Trinajstić information content (AvgIpc) is 3.58. The fraction of sp³-hybridized carbons (Fsp3) is 0.391. The SMILES string of the molecule is O=C(CC(c1ccccc1)c1ccccc1)N1CCN(C(=O)C2CC2)CC1. The second kappa shape index (κ2) is 7.95. The number of amides is 2. The van der Waals surface area contributed by atoms with E-state index in [0.29, 0.717) is 32.6 Å². The molecule has 1 saturated carbocycles. The van der Waals surface area contributed by atoms with Crippen molar-refractivity contribution in [2.24, 2.45) is 5.92 Å². The van der Waals surface area contributed by atoms with Gasteiger partial charge in [0.2, 0.25) is 11.8 Å². The molecule has 4 heteroatoms. The third-order valence-corrected chi connectivity index (χ3v) is 5.65. The minimum Gasteiger partial charge on any atom is -0.339 e. The molecule has 4 rings (SSSR count). The summed E-state index contributed by atoms with van der Waals surface area (Å²) >= 11 is 0. The second-order valence-corrected chi connectivity index (χ2v) is 7.56. The summed E-state index contributed by atoms with van der Waals surface area (Å²) in [5, 5.41) is 0. The molecule has 1 aliphatic carbocycles. The molecule has 27 heavy (non-hydrogen) atoms. The van der Waals surface area contributed by atoms with Crippen molar-refractivity contribution < 1.29 is 9.59 Å². The Bertz CT molecular complexity index is 739. The number of carbonyl (C=O) groups is 2. The van der Waals surface area contributed by atoms with Gasteiger partial charge in [-0.15, -0.1) is 0 Å². The van der Waals surface area contributed by atoms with Gasteiger partial charge >= 0.3 is 0 Å². The molecule has 0 spiro atoms. The Balaban J connectivity index is 1.42. The highest BCUT2D eigenvalue weighted by Gasteiger charge is 2.35. The molecule has 1 saturated heterocycles. The summed E-state index contributed by atoms with van der Waals surface area (Å²) in [7, 11) is 0. The normalized spacial score (nSPS) is 17.2. The first-order chi connectivity index (χ1) is 13.2. The van der Waals surface area contributed by atoms with Crippen molar-refractivity contribution in [2.75, 3.05) is 26.2 Å². The fourth-order valence-electron chi connectivity index (χ4n) is 3.87. The van der Waals surface area contributed by atoms with E-state index in [1.54, 1.807) is 0 Å². The van der Waals surface area contributed by atoms with Crippen LogP contribution in [0.4, 0.5) is 0 Å². The Hall–Kier alpha value is -2.62. The van der Waals surface area contributed by atoms with Crippen molar-refractivity contribution in [1.82, 2.24) is 9.80 Å². The van der Waals surface area contributed by atoms with E-state index in [4.69, 9.17) is 0 Å². The molecule has 0 atom stereocenters. The quantitative estimate of drug-likeness (QED) is 0.819. The number of benzene rings is 2. The van der Waals surface area contributed by atoms with Crippen LogP contribution < -0.4 is 0 Å². The molecule has 0 radical (unpaired) electrons. The predicted octanol–water partition coefficient (Wildman–Crippen LogP) is 3.29. The van der Waals surface area contributed by atoms with Gasteiger partial charge in [0.05, 0.1) is 0 Å². The molecule has 4 nitrogen and oxygen atoms in total. The van der Waals surface area contributed by atoms with E-state index in [1.165, 1.54) is 11.1 Å².